The highest BCUT2D eigenvalue weighted by Gasteiger charge is 2.28. The number of aromatic amines is 1. The molecule has 0 atom stereocenters. The largest absolute Gasteiger partial charge is 0.379 e. The van der Waals surface area contributed by atoms with Crippen molar-refractivity contribution in [2.45, 2.75) is 11.8 Å². The van der Waals surface area contributed by atoms with Gasteiger partial charge in [0.2, 0.25) is 10.0 Å². The zero-order chi connectivity index (χ0) is 18.0. The minimum absolute atomic E-state index is 0.00974. The molecule has 1 fully saturated rings. The minimum Gasteiger partial charge on any atom is -0.379 e. The van der Waals surface area contributed by atoms with Crippen LogP contribution in [0.1, 0.15) is 16.1 Å². The van der Waals surface area contributed by atoms with Crippen molar-refractivity contribution in [3.05, 3.63) is 47.5 Å². The van der Waals surface area contributed by atoms with Gasteiger partial charge in [0.1, 0.15) is 16.4 Å². The number of H-pyrrole nitrogens is 1. The molecule has 1 aromatic carbocycles. The number of anilines is 1. The normalized spacial score (nSPS) is 15.9. The van der Waals surface area contributed by atoms with Crippen LogP contribution in [0.15, 0.2) is 35.4 Å². The van der Waals surface area contributed by atoms with Crippen LogP contribution in [0.4, 0.5) is 10.1 Å². The van der Waals surface area contributed by atoms with Crippen molar-refractivity contribution >= 4 is 21.6 Å². The fourth-order valence-corrected chi connectivity index (χ4v) is 3.91. The first kappa shape index (κ1) is 17.6. The number of aromatic nitrogens is 1. The number of benzene rings is 1. The molecule has 7 nitrogen and oxygen atoms in total. The van der Waals surface area contributed by atoms with E-state index >= 15 is 0 Å². The minimum atomic E-state index is -3.68. The van der Waals surface area contributed by atoms with Gasteiger partial charge in [-0.05, 0) is 30.7 Å². The number of rotatable bonds is 4. The molecule has 1 aliphatic heterocycles. The summed E-state index contributed by atoms with van der Waals surface area (Å²) < 4.78 is 44.9. The van der Waals surface area contributed by atoms with Crippen LogP contribution in [0.25, 0.3) is 0 Å². The van der Waals surface area contributed by atoms with Gasteiger partial charge >= 0.3 is 0 Å². The molecular weight excluding hydrogens is 349 g/mol. The number of amides is 1. The summed E-state index contributed by atoms with van der Waals surface area (Å²) in [6, 6.07) is 5.33. The van der Waals surface area contributed by atoms with Gasteiger partial charge in [0.05, 0.1) is 13.2 Å². The maximum atomic E-state index is 13.3. The van der Waals surface area contributed by atoms with Gasteiger partial charge < -0.3 is 15.0 Å². The third-order valence-electron chi connectivity index (χ3n) is 3.96. The van der Waals surface area contributed by atoms with Crippen LogP contribution in [0.3, 0.4) is 0 Å². The number of halogens is 1. The molecule has 1 aromatic heterocycles. The Bertz CT molecular complexity index is 889. The number of ether oxygens (including phenoxy) is 1. The van der Waals surface area contributed by atoms with E-state index in [-0.39, 0.29) is 23.7 Å². The number of aryl methyl sites for hydroxylation is 1. The van der Waals surface area contributed by atoms with Crippen molar-refractivity contribution in [1.29, 1.82) is 0 Å². The smallest absolute Gasteiger partial charge is 0.272 e. The zero-order valence-electron chi connectivity index (χ0n) is 13.6. The van der Waals surface area contributed by atoms with Crippen molar-refractivity contribution in [2.75, 3.05) is 31.6 Å². The summed E-state index contributed by atoms with van der Waals surface area (Å²) in [6.45, 7) is 2.97. The highest BCUT2D eigenvalue weighted by atomic mass is 32.2. The number of morpholine rings is 1. The second-order valence-electron chi connectivity index (χ2n) is 5.68. The van der Waals surface area contributed by atoms with E-state index in [1.807, 2.05) is 0 Å². The Morgan fingerprint density at radius 3 is 2.72 bits per heavy atom. The second kappa shape index (κ2) is 6.95. The third kappa shape index (κ3) is 3.73. The van der Waals surface area contributed by atoms with Crippen molar-refractivity contribution in [3.63, 3.8) is 0 Å². The van der Waals surface area contributed by atoms with E-state index in [2.05, 4.69) is 10.3 Å². The molecule has 3 rings (SSSR count). The summed E-state index contributed by atoms with van der Waals surface area (Å²) >= 11 is 0. The summed E-state index contributed by atoms with van der Waals surface area (Å²) in [5.74, 6) is -1.01. The molecule has 25 heavy (non-hydrogen) atoms. The van der Waals surface area contributed by atoms with Crippen LogP contribution < -0.4 is 5.32 Å². The first-order valence-electron chi connectivity index (χ1n) is 7.72. The molecule has 0 aliphatic carbocycles. The molecular formula is C16H18FN3O4S. The second-order valence-corrected chi connectivity index (χ2v) is 7.62. The fraction of sp³-hybridized carbons (Fsp3) is 0.312. The van der Waals surface area contributed by atoms with Crippen LogP contribution in [-0.4, -0.2) is 49.9 Å². The Labute approximate surface area is 144 Å². The monoisotopic (exact) mass is 367 g/mol. The van der Waals surface area contributed by atoms with Crippen LogP contribution >= 0.6 is 0 Å². The highest BCUT2D eigenvalue weighted by Crippen LogP contribution is 2.20. The summed E-state index contributed by atoms with van der Waals surface area (Å²) in [5, 5.41) is 2.57. The van der Waals surface area contributed by atoms with Gasteiger partial charge in [-0.15, -0.1) is 0 Å². The highest BCUT2D eigenvalue weighted by molar-refractivity contribution is 7.89. The number of nitrogens with zero attached hydrogens (tertiary/aromatic N) is 1. The van der Waals surface area contributed by atoms with Crippen molar-refractivity contribution < 1.29 is 22.3 Å². The lowest BCUT2D eigenvalue weighted by molar-refractivity contribution is 0.0730. The molecule has 0 spiro atoms. The maximum Gasteiger partial charge on any atom is 0.272 e. The molecule has 134 valence electrons. The van der Waals surface area contributed by atoms with Gasteiger partial charge in [-0.1, -0.05) is 6.07 Å². The fourth-order valence-electron chi connectivity index (χ4n) is 2.51. The average molecular weight is 367 g/mol. The van der Waals surface area contributed by atoms with Gasteiger partial charge in [-0.3, -0.25) is 4.79 Å². The summed E-state index contributed by atoms with van der Waals surface area (Å²) in [5.41, 5.74) is 1.11. The number of carbonyl (C=O) groups is 1. The lowest BCUT2D eigenvalue weighted by Crippen LogP contribution is -2.40. The first-order valence-corrected chi connectivity index (χ1v) is 9.16. The Morgan fingerprint density at radius 1 is 1.28 bits per heavy atom. The van der Waals surface area contributed by atoms with Crippen LogP contribution in [0, 0.1) is 12.7 Å². The summed E-state index contributed by atoms with van der Waals surface area (Å²) in [4.78, 5) is 15.0. The van der Waals surface area contributed by atoms with E-state index in [9.17, 15) is 17.6 Å². The summed E-state index contributed by atoms with van der Waals surface area (Å²) in [6.07, 6.45) is 1.28. The SMILES string of the molecule is Cc1ccc(F)cc1NC(=O)c1cc(S(=O)(=O)N2CCOCC2)c[nH]1. The first-order chi connectivity index (χ1) is 11.9. The van der Waals surface area contributed by atoms with E-state index in [0.29, 0.717) is 24.5 Å². The van der Waals surface area contributed by atoms with Crippen LogP contribution in [-0.2, 0) is 14.8 Å². The third-order valence-corrected chi connectivity index (χ3v) is 5.83. The molecule has 0 radical (unpaired) electrons. The summed E-state index contributed by atoms with van der Waals surface area (Å²) in [7, 11) is -3.68. The Hall–Kier alpha value is -2.23. The maximum absolute atomic E-state index is 13.3. The standard InChI is InChI=1S/C16H18FN3O4S/c1-11-2-3-12(17)8-14(11)19-16(21)15-9-13(10-18-15)25(22,23)20-4-6-24-7-5-20/h2-3,8-10,18H,4-7H2,1H3,(H,19,21). The molecule has 0 saturated carbocycles. The number of nitrogens with one attached hydrogen (secondary N) is 2. The van der Waals surface area contributed by atoms with E-state index in [0.717, 1.165) is 0 Å². The molecule has 2 aromatic rings. The Balaban J connectivity index is 1.78. The van der Waals surface area contributed by atoms with Gasteiger partial charge in [0.25, 0.3) is 5.91 Å². The lowest BCUT2D eigenvalue weighted by atomic mass is 10.2. The van der Waals surface area contributed by atoms with Gasteiger partial charge in [-0.2, -0.15) is 4.31 Å². The molecule has 0 bridgehead atoms. The Morgan fingerprint density at radius 2 is 2.00 bits per heavy atom. The average Bonchev–Trinajstić information content (AvgIpc) is 3.10. The van der Waals surface area contributed by atoms with E-state index in [1.54, 1.807) is 13.0 Å². The van der Waals surface area contributed by atoms with Gasteiger partial charge in [-0.25, -0.2) is 12.8 Å². The molecule has 2 heterocycles. The van der Waals surface area contributed by atoms with E-state index in [1.165, 1.54) is 28.7 Å². The number of hydrogen-bond acceptors (Lipinski definition) is 4. The quantitative estimate of drug-likeness (QED) is 0.861. The Kier molecular flexibility index (Phi) is 4.89. The molecule has 1 aliphatic rings. The molecule has 0 unspecified atom stereocenters. The van der Waals surface area contributed by atoms with Crippen LogP contribution in [0.2, 0.25) is 0 Å². The number of carbonyl (C=O) groups excluding carboxylic acids is 1. The molecule has 2 N–H and O–H groups in total. The van der Waals surface area contributed by atoms with Gasteiger partial charge in [0, 0.05) is 25.0 Å². The predicted molar refractivity (Wildman–Crippen MR) is 89.5 cm³/mol. The number of hydrogen-bond donors (Lipinski definition) is 2. The topological polar surface area (TPSA) is 91.5 Å². The van der Waals surface area contributed by atoms with Crippen molar-refractivity contribution in [3.8, 4) is 0 Å². The molecule has 9 heteroatoms. The predicted octanol–water partition coefficient (Wildman–Crippen LogP) is 1.74. The van der Waals surface area contributed by atoms with E-state index in [4.69, 9.17) is 4.74 Å². The molecule has 1 saturated heterocycles. The van der Waals surface area contributed by atoms with Crippen molar-refractivity contribution in [1.82, 2.24) is 9.29 Å². The van der Waals surface area contributed by atoms with Gasteiger partial charge in [0.15, 0.2) is 0 Å². The van der Waals surface area contributed by atoms with Crippen molar-refractivity contribution in [2.24, 2.45) is 0 Å². The van der Waals surface area contributed by atoms with E-state index < -0.39 is 21.7 Å². The number of sulfonamides is 1. The lowest BCUT2D eigenvalue weighted by Gasteiger charge is -2.25. The van der Waals surface area contributed by atoms with Crippen LogP contribution in [0.5, 0.6) is 0 Å². The molecule has 1 amide bonds. The zero-order valence-corrected chi connectivity index (χ0v) is 14.4.